The fourth-order valence-corrected chi connectivity index (χ4v) is 5.21. The van der Waals surface area contributed by atoms with E-state index in [-0.39, 0.29) is 0 Å². The molecular weight excluding hydrogens is 392 g/mol. The van der Waals surface area contributed by atoms with Gasteiger partial charge in [0.1, 0.15) is 5.75 Å². The van der Waals surface area contributed by atoms with Crippen LogP contribution in [0.15, 0.2) is 36.7 Å². The smallest absolute Gasteiger partial charge is 0.159 e. The number of benzene rings is 1. The lowest BCUT2D eigenvalue weighted by Gasteiger charge is -2.31. The highest BCUT2D eigenvalue weighted by molar-refractivity contribution is 5.55. The molecule has 0 radical (unpaired) electrons. The van der Waals surface area contributed by atoms with E-state index in [9.17, 15) is 0 Å². The second kappa shape index (κ2) is 14.3. The molecule has 0 aliphatic heterocycles. The van der Waals surface area contributed by atoms with Crippen LogP contribution in [0.1, 0.15) is 103 Å². The van der Waals surface area contributed by atoms with Crippen molar-refractivity contribution in [2.75, 3.05) is 6.61 Å². The van der Waals surface area contributed by atoms with Gasteiger partial charge in [-0.15, -0.1) is 0 Å². The normalized spacial score (nSPS) is 18.6. The zero-order valence-corrected chi connectivity index (χ0v) is 20.5. The molecule has 0 bridgehead atoms. The van der Waals surface area contributed by atoms with Crippen LogP contribution in [0.2, 0.25) is 0 Å². The van der Waals surface area contributed by atoms with E-state index in [4.69, 9.17) is 4.74 Å². The van der Waals surface area contributed by atoms with E-state index in [2.05, 4.69) is 48.1 Å². The summed E-state index contributed by atoms with van der Waals surface area (Å²) in [6.45, 7) is 5.30. The van der Waals surface area contributed by atoms with Gasteiger partial charge in [-0.1, -0.05) is 84.5 Å². The zero-order chi connectivity index (χ0) is 22.4. The summed E-state index contributed by atoms with van der Waals surface area (Å²) in [6.07, 6.45) is 22.8. The van der Waals surface area contributed by atoms with Crippen LogP contribution >= 0.6 is 0 Å². The lowest BCUT2D eigenvalue weighted by atomic mass is 9.74. The lowest BCUT2D eigenvalue weighted by molar-refractivity contribution is 0.190. The molecule has 0 amide bonds. The van der Waals surface area contributed by atoms with E-state index in [1.807, 2.05) is 12.4 Å². The van der Waals surface area contributed by atoms with E-state index >= 15 is 0 Å². The Morgan fingerprint density at radius 2 is 1.44 bits per heavy atom. The van der Waals surface area contributed by atoms with Crippen LogP contribution in [0.5, 0.6) is 5.75 Å². The minimum atomic E-state index is 0.787. The molecule has 0 saturated heterocycles. The molecule has 0 spiro atoms. The monoisotopic (exact) mass is 436 g/mol. The molecule has 3 heteroatoms. The number of hydrogen-bond acceptors (Lipinski definition) is 3. The van der Waals surface area contributed by atoms with Crippen LogP contribution in [-0.2, 0) is 6.42 Å². The first-order valence-electron chi connectivity index (χ1n) is 13.3. The Bertz CT molecular complexity index is 741. The SMILES string of the molecule is CCCCCCCC1CCCCC1CCCOc1ccc(-c2ncc(CCC)cn2)cc1. The maximum atomic E-state index is 6.06. The van der Waals surface area contributed by atoms with E-state index in [1.165, 1.54) is 82.6 Å². The number of nitrogens with zero attached hydrogens (tertiary/aromatic N) is 2. The number of rotatable bonds is 14. The first-order valence-corrected chi connectivity index (χ1v) is 13.3. The predicted octanol–water partition coefficient (Wildman–Crippen LogP) is 8.42. The van der Waals surface area contributed by atoms with Crippen LogP contribution < -0.4 is 4.74 Å². The van der Waals surface area contributed by atoms with Gasteiger partial charge in [-0.25, -0.2) is 9.97 Å². The van der Waals surface area contributed by atoms with Crippen LogP contribution in [0.4, 0.5) is 0 Å². The van der Waals surface area contributed by atoms with Gasteiger partial charge in [0, 0.05) is 18.0 Å². The van der Waals surface area contributed by atoms with Crippen molar-refractivity contribution in [2.45, 2.75) is 104 Å². The summed E-state index contributed by atoms with van der Waals surface area (Å²) in [4.78, 5) is 9.03. The van der Waals surface area contributed by atoms with Gasteiger partial charge in [0.05, 0.1) is 6.61 Å². The van der Waals surface area contributed by atoms with Crippen molar-refractivity contribution in [3.63, 3.8) is 0 Å². The van der Waals surface area contributed by atoms with E-state index in [0.717, 1.165) is 48.4 Å². The molecule has 1 saturated carbocycles. The molecule has 1 aliphatic carbocycles. The minimum Gasteiger partial charge on any atom is -0.494 e. The quantitative estimate of drug-likeness (QED) is 0.279. The molecule has 32 heavy (non-hydrogen) atoms. The van der Waals surface area contributed by atoms with Crippen LogP contribution in [-0.4, -0.2) is 16.6 Å². The van der Waals surface area contributed by atoms with Crippen molar-refractivity contribution in [1.29, 1.82) is 0 Å². The summed E-state index contributed by atoms with van der Waals surface area (Å²) in [5.41, 5.74) is 2.25. The Labute approximate surface area is 196 Å². The van der Waals surface area contributed by atoms with Gasteiger partial charge in [-0.2, -0.15) is 0 Å². The standard InChI is InChI=1S/C29H44N2O/c1-3-5-6-7-8-13-25-14-9-10-15-26(25)16-11-21-32-28-19-17-27(18-20-28)29-30-22-24(12-4-2)23-31-29/h17-20,22-23,25-26H,3-16,21H2,1-2H3. The Morgan fingerprint density at radius 3 is 2.09 bits per heavy atom. The van der Waals surface area contributed by atoms with Crippen LogP contribution in [0.3, 0.4) is 0 Å². The van der Waals surface area contributed by atoms with Gasteiger partial charge in [0.2, 0.25) is 0 Å². The number of hydrogen-bond donors (Lipinski definition) is 0. The zero-order valence-electron chi connectivity index (χ0n) is 20.5. The van der Waals surface area contributed by atoms with Gasteiger partial charge in [0.15, 0.2) is 5.82 Å². The molecule has 1 aliphatic rings. The molecule has 2 atom stereocenters. The van der Waals surface area contributed by atoms with Crippen molar-refractivity contribution < 1.29 is 4.74 Å². The van der Waals surface area contributed by atoms with Gasteiger partial charge in [-0.05, 0) is 60.9 Å². The van der Waals surface area contributed by atoms with Crippen molar-refractivity contribution >= 4 is 0 Å². The summed E-state index contributed by atoms with van der Waals surface area (Å²) in [7, 11) is 0. The topological polar surface area (TPSA) is 35.0 Å². The Morgan fingerprint density at radius 1 is 0.781 bits per heavy atom. The van der Waals surface area contributed by atoms with Gasteiger partial charge >= 0.3 is 0 Å². The van der Waals surface area contributed by atoms with E-state index in [1.54, 1.807) is 0 Å². The Kier molecular flexibility index (Phi) is 11.0. The van der Waals surface area contributed by atoms with E-state index in [0.29, 0.717) is 0 Å². The molecule has 1 heterocycles. The van der Waals surface area contributed by atoms with Crippen molar-refractivity contribution in [3.8, 4) is 17.1 Å². The van der Waals surface area contributed by atoms with Gasteiger partial charge in [-0.3, -0.25) is 0 Å². The fourth-order valence-electron chi connectivity index (χ4n) is 5.21. The molecule has 2 aromatic rings. The average molecular weight is 437 g/mol. The molecule has 3 rings (SSSR count). The maximum absolute atomic E-state index is 6.06. The Balaban J connectivity index is 1.38. The fraction of sp³-hybridized carbons (Fsp3) is 0.655. The number of ether oxygens (including phenoxy) is 1. The highest BCUT2D eigenvalue weighted by Crippen LogP contribution is 2.36. The third-order valence-corrected chi connectivity index (χ3v) is 7.09. The van der Waals surface area contributed by atoms with Gasteiger partial charge in [0.25, 0.3) is 0 Å². The highest BCUT2D eigenvalue weighted by Gasteiger charge is 2.24. The second-order valence-electron chi connectivity index (χ2n) is 9.69. The number of aromatic nitrogens is 2. The summed E-state index contributed by atoms with van der Waals surface area (Å²) in [5.74, 6) is 3.63. The Hall–Kier alpha value is -1.90. The summed E-state index contributed by atoms with van der Waals surface area (Å²) < 4.78 is 6.06. The summed E-state index contributed by atoms with van der Waals surface area (Å²) >= 11 is 0. The minimum absolute atomic E-state index is 0.787. The summed E-state index contributed by atoms with van der Waals surface area (Å²) in [5, 5.41) is 0. The molecule has 2 unspecified atom stereocenters. The lowest BCUT2D eigenvalue weighted by Crippen LogP contribution is -2.20. The highest BCUT2D eigenvalue weighted by atomic mass is 16.5. The third-order valence-electron chi connectivity index (χ3n) is 7.09. The van der Waals surface area contributed by atoms with E-state index < -0.39 is 0 Å². The average Bonchev–Trinajstić information content (AvgIpc) is 2.84. The molecule has 1 fully saturated rings. The maximum Gasteiger partial charge on any atom is 0.159 e. The van der Waals surface area contributed by atoms with Gasteiger partial charge < -0.3 is 4.74 Å². The molecule has 3 nitrogen and oxygen atoms in total. The second-order valence-corrected chi connectivity index (χ2v) is 9.69. The van der Waals surface area contributed by atoms with Crippen molar-refractivity contribution in [2.24, 2.45) is 11.8 Å². The van der Waals surface area contributed by atoms with Crippen LogP contribution in [0.25, 0.3) is 11.4 Å². The largest absolute Gasteiger partial charge is 0.494 e. The number of aryl methyl sites for hydroxylation is 1. The molecule has 1 aromatic carbocycles. The van der Waals surface area contributed by atoms with Crippen LogP contribution in [0, 0.1) is 11.8 Å². The molecular formula is C29H44N2O. The van der Waals surface area contributed by atoms with Crippen molar-refractivity contribution in [1.82, 2.24) is 9.97 Å². The predicted molar refractivity (Wildman–Crippen MR) is 135 cm³/mol. The summed E-state index contributed by atoms with van der Waals surface area (Å²) in [6, 6.07) is 8.25. The first kappa shape index (κ1) is 24.7. The third kappa shape index (κ3) is 8.22. The number of unbranched alkanes of at least 4 members (excludes halogenated alkanes) is 4. The molecule has 176 valence electrons. The van der Waals surface area contributed by atoms with Crippen molar-refractivity contribution in [3.05, 3.63) is 42.2 Å². The molecule has 0 N–H and O–H groups in total. The molecule has 1 aromatic heterocycles. The first-order chi connectivity index (χ1) is 15.8.